The van der Waals surface area contributed by atoms with Gasteiger partial charge in [-0.3, -0.25) is 14.8 Å². The first-order valence-corrected chi connectivity index (χ1v) is 5.21. The summed E-state index contributed by atoms with van der Waals surface area (Å²) in [5, 5.41) is 10.6. The molecule has 0 saturated heterocycles. The first-order chi connectivity index (χ1) is 7.27. The lowest BCUT2D eigenvalue weighted by Crippen LogP contribution is -2.04. The Bertz CT molecular complexity index is 468. The number of hydrogen-bond acceptors (Lipinski definition) is 4. The number of hydrogen-bond donors (Lipinski definition) is 1. The number of rotatable bonds is 3. The van der Waals surface area contributed by atoms with E-state index in [9.17, 15) is 4.79 Å². The van der Waals surface area contributed by atoms with Gasteiger partial charge >= 0.3 is 5.97 Å². The van der Waals surface area contributed by atoms with Crippen LogP contribution in [0.1, 0.15) is 5.69 Å². The molecule has 1 N–H and O–H groups in total. The van der Waals surface area contributed by atoms with Crippen LogP contribution in [0.15, 0.2) is 29.9 Å². The van der Waals surface area contributed by atoms with Gasteiger partial charge < -0.3 is 5.11 Å². The van der Waals surface area contributed by atoms with Gasteiger partial charge in [0.25, 0.3) is 0 Å². The maximum absolute atomic E-state index is 10.6. The highest BCUT2D eigenvalue weighted by molar-refractivity contribution is 7.13. The van der Waals surface area contributed by atoms with E-state index in [1.165, 1.54) is 17.5 Å². The van der Waals surface area contributed by atoms with Crippen LogP contribution < -0.4 is 0 Å². The second-order valence-electron chi connectivity index (χ2n) is 2.90. The van der Waals surface area contributed by atoms with E-state index in [1.807, 2.05) is 17.5 Å². The van der Waals surface area contributed by atoms with Gasteiger partial charge in [-0.1, -0.05) is 6.07 Å². The predicted molar refractivity (Wildman–Crippen MR) is 56.7 cm³/mol. The van der Waals surface area contributed by atoms with Crippen LogP contribution in [-0.4, -0.2) is 21.0 Å². The average Bonchev–Trinajstić information content (AvgIpc) is 2.70. The topological polar surface area (TPSA) is 63.1 Å². The third-order valence-corrected chi connectivity index (χ3v) is 2.72. The first-order valence-electron chi connectivity index (χ1n) is 4.33. The molecule has 0 aromatic carbocycles. The highest BCUT2D eigenvalue weighted by Crippen LogP contribution is 2.24. The Kier molecular flexibility index (Phi) is 2.73. The summed E-state index contributed by atoms with van der Waals surface area (Å²) in [7, 11) is 0. The molecular formula is C10H8N2O2S. The molecule has 0 aliphatic carbocycles. The summed E-state index contributed by atoms with van der Waals surface area (Å²) >= 11 is 1.52. The van der Waals surface area contributed by atoms with Gasteiger partial charge in [-0.15, -0.1) is 11.3 Å². The van der Waals surface area contributed by atoms with Gasteiger partial charge in [0.05, 0.1) is 17.0 Å². The number of aliphatic carboxylic acids is 1. The van der Waals surface area contributed by atoms with E-state index in [4.69, 9.17) is 5.11 Å². The Labute approximate surface area is 90.3 Å². The van der Waals surface area contributed by atoms with Gasteiger partial charge in [-0.2, -0.15) is 0 Å². The fourth-order valence-electron chi connectivity index (χ4n) is 1.26. The Hall–Kier alpha value is -1.75. The zero-order chi connectivity index (χ0) is 10.7. The molecule has 0 aliphatic rings. The molecule has 0 radical (unpaired) electrons. The van der Waals surface area contributed by atoms with Crippen molar-refractivity contribution in [2.75, 3.05) is 0 Å². The molecule has 76 valence electrons. The lowest BCUT2D eigenvalue weighted by molar-refractivity contribution is -0.136. The summed E-state index contributed by atoms with van der Waals surface area (Å²) < 4.78 is 0. The summed E-state index contributed by atoms with van der Waals surface area (Å²) in [4.78, 5) is 19.8. The summed E-state index contributed by atoms with van der Waals surface area (Å²) in [6.45, 7) is 0. The number of nitrogens with zero attached hydrogens (tertiary/aromatic N) is 2. The minimum atomic E-state index is -0.895. The summed E-state index contributed by atoms with van der Waals surface area (Å²) in [6, 6.07) is 3.80. The highest BCUT2D eigenvalue weighted by atomic mass is 32.1. The number of carbonyl (C=O) groups is 1. The molecule has 2 aromatic rings. The van der Waals surface area contributed by atoms with Gasteiger partial charge in [0.2, 0.25) is 0 Å². The molecule has 0 aliphatic heterocycles. The van der Waals surface area contributed by atoms with Crippen molar-refractivity contribution in [2.45, 2.75) is 6.42 Å². The Morgan fingerprint density at radius 3 is 2.87 bits per heavy atom. The lowest BCUT2D eigenvalue weighted by atomic mass is 10.2. The van der Waals surface area contributed by atoms with Crippen LogP contribution in [0, 0.1) is 0 Å². The van der Waals surface area contributed by atoms with Crippen LogP contribution in [0.3, 0.4) is 0 Å². The van der Waals surface area contributed by atoms with Crippen molar-refractivity contribution in [3.8, 4) is 10.6 Å². The second-order valence-corrected chi connectivity index (χ2v) is 3.85. The molecular weight excluding hydrogens is 212 g/mol. The highest BCUT2D eigenvalue weighted by Gasteiger charge is 2.11. The first kappa shape index (κ1) is 9.79. The molecule has 0 fully saturated rings. The van der Waals surface area contributed by atoms with Gasteiger partial charge in [-0.25, -0.2) is 0 Å². The van der Waals surface area contributed by atoms with E-state index in [0.29, 0.717) is 11.4 Å². The minimum Gasteiger partial charge on any atom is -0.481 e. The third-order valence-electron chi connectivity index (χ3n) is 1.85. The monoisotopic (exact) mass is 220 g/mol. The van der Waals surface area contributed by atoms with Crippen LogP contribution in [0.25, 0.3) is 10.6 Å². The molecule has 4 nitrogen and oxygen atoms in total. The second kappa shape index (κ2) is 4.18. The summed E-state index contributed by atoms with van der Waals surface area (Å²) in [5.41, 5.74) is 1.17. The van der Waals surface area contributed by atoms with Gasteiger partial charge in [0.1, 0.15) is 5.69 Å². The molecule has 0 amide bonds. The predicted octanol–water partition coefficient (Wildman–Crippen LogP) is 1.83. The maximum Gasteiger partial charge on any atom is 0.309 e. The molecule has 2 rings (SSSR count). The van der Waals surface area contributed by atoms with Crippen LogP contribution in [0.4, 0.5) is 0 Å². The molecule has 5 heteroatoms. The number of aromatic nitrogens is 2. The van der Waals surface area contributed by atoms with Crippen molar-refractivity contribution in [3.05, 3.63) is 35.6 Å². The fraction of sp³-hybridized carbons (Fsp3) is 0.100. The van der Waals surface area contributed by atoms with Crippen LogP contribution in [0.2, 0.25) is 0 Å². The van der Waals surface area contributed by atoms with Crippen LogP contribution in [-0.2, 0) is 11.2 Å². The molecule has 0 atom stereocenters. The number of carboxylic acids is 1. The Balaban J connectivity index is 2.42. The van der Waals surface area contributed by atoms with Crippen LogP contribution >= 0.6 is 11.3 Å². The van der Waals surface area contributed by atoms with Crippen molar-refractivity contribution < 1.29 is 9.90 Å². The van der Waals surface area contributed by atoms with E-state index < -0.39 is 5.97 Å². The van der Waals surface area contributed by atoms with Crippen molar-refractivity contribution in [3.63, 3.8) is 0 Å². The molecule has 0 bridgehead atoms. The normalized spacial score (nSPS) is 10.1. The van der Waals surface area contributed by atoms with E-state index in [2.05, 4.69) is 9.97 Å². The zero-order valence-electron chi connectivity index (χ0n) is 7.75. The standard InChI is InChI=1S/C10H8N2O2S/c13-9(14)6-7-10(12-4-3-11-7)8-2-1-5-15-8/h1-5H,6H2,(H,13,14). The molecule has 2 heterocycles. The SMILES string of the molecule is O=C(O)Cc1nccnc1-c1cccs1. The number of carboxylic acid groups (broad SMARTS) is 1. The van der Waals surface area contributed by atoms with Crippen LogP contribution in [0.5, 0.6) is 0 Å². The quantitative estimate of drug-likeness (QED) is 0.857. The molecule has 0 unspecified atom stereocenters. The van der Waals surface area contributed by atoms with Gasteiger partial charge in [0, 0.05) is 12.4 Å². The number of thiophene rings is 1. The maximum atomic E-state index is 10.6. The largest absolute Gasteiger partial charge is 0.481 e. The third kappa shape index (κ3) is 2.19. The Morgan fingerprint density at radius 1 is 1.40 bits per heavy atom. The fourth-order valence-corrected chi connectivity index (χ4v) is 2.00. The van der Waals surface area contributed by atoms with E-state index in [0.717, 1.165) is 4.88 Å². The molecule has 2 aromatic heterocycles. The average molecular weight is 220 g/mol. The van der Waals surface area contributed by atoms with Gasteiger partial charge in [0.15, 0.2) is 0 Å². The zero-order valence-corrected chi connectivity index (χ0v) is 8.57. The molecule has 15 heavy (non-hydrogen) atoms. The van der Waals surface area contributed by atoms with Gasteiger partial charge in [-0.05, 0) is 11.4 Å². The van der Waals surface area contributed by atoms with E-state index >= 15 is 0 Å². The lowest BCUT2D eigenvalue weighted by Gasteiger charge is -2.02. The minimum absolute atomic E-state index is 0.0962. The summed E-state index contributed by atoms with van der Waals surface area (Å²) in [6.07, 6.45) is 2.98. The molecule has 0 spiro atoms. The Morgan fingerprint density at radius 2 is 2.20 bits per heavy atom. The van der Waals surface area contributed by atoms with Crippen molar-refractivity contribution in [1.29, 1.82) is 0 Å². The van der Waals surface area contributed by atoms with Crippen molar-refractivity contribution in [1.82, 2.24) is 9.97 Å². The summed E-state index contributed by atoms with van der Waals surface area (Å²) in [5.74, 6) is -0.895. The molecule has 0 saturated carbocycles. The smallest absolute Gasteiger partial charge is 0.309 e. The van der Waals surface area contributed by atoms with Crippen molar-refractivity contribution in [2.24, 2.45) is 0 Å². The van der Waals surface area contributed by atoms with E-state index in [1.54, 1.807) is 6.20 Å². The van der Waals surface area contributed by atoms with E-state index in [-0.39, 0.29) is 6.42 Å². The van der Waals surface area contributed by atoms with Crippen molar-refractivity contribution >= 4 is 17.3 Å².